The maximum absolute atomic E-state index is 12.5. The van der Waals surface area contributed by atoms with Gasteiger partial charge in [0.15, 0.2) is 0 Å². The summed E-state index contributed by atoms with van der Waals surface area (Å²) in [6.07, 6.45) is 4.15. The Balaban J connectivity index is 1.62. The topological polar surface area (TPSA) is 47.3 Å². The van der Waals surface area contributed by atoms with E-state index in [4.69, 9.17) is 5.26 Å². The zero-order chi connectivity index (χ0) is 15.5. The molecule has 3 rings (SSSR count). The molecule has 22 heavy (non-hydrogen) atoms. The Labute approximate surface area is 139 Å². The summed E-state index contributed by atoms with van der Waals surface area (Å²) < 4.78 is 0.955. The number of rotatable bonds is 2. The number of nitriles is 1. The molecule has 0 spiro atoms. The van der Waals surface area contributed by atoms with Crippen molar-refractivity contribution in [2.75, 3.05) is 31.1 Å². The maximum atomic E-state index is 12.5. The van der Waals surface area contributed by atoms with Gasteiger partial charge < -0.3 is 9.80 Å². The lowest BCUT2D eigenvalue weighted by Gasteiger charge is -2.35. The summed E-state index contributed by atoms with van der Waals surface area (Å²) in [6, 6.07) is 7.85. The third kappa shape index (κ3) is 3.12. The second kappa shape index (κ2) is 6.70. The third-order valence-electron chi connectivity index (χ3n) is 4.68. The zero-order valence-corrected chi connectivity index (χ0v) is 14.2. The van der Waals surface area contributed by atoms with Crippen LogP contribution < -0.4 is 4.90 Å². The second-order valence-electron chi connectivity index (χ2n) is 6.07. The Morgan fingerprint density at radius 2 is 1.86 bits per heavy atom. The Morgan fingerprint density at radius 3 is 2.45 bits per heavy atom. The molecular formula is C17H20BrN3O. The molecule has 0 aromatic heterocycles. The number of benzene rings is 1. The van der Waals surface area contributed by atoms with Crippen molar-refractivity contribution in [3.63, 3.8) is 0 Å². The predicted octanol–water partition coefficient (Wildman–Crippen LogP) is 3.16. The van der Waals surface area contributed by atoms with E-state index in [1.54, 1.807) is 0 Å². The van der Waals surface area contributed by atoms with Crippen molar-refractivity contribution in [3.05, 3.63) is 28.2 Å². The summed E-state index contributed by atoms with van der Waals surface area (Å²) in [5, 5.41) is 8.94. The van der Waals surface area contributed by atoms with Gasteiger partial charge in [-0.1, -0.05) is 0 Å². The van der Waals surface area contributed by atoms with Gasteiger partial charge in [0.05, 0.1) is 17.3 Å². The highest BCUT2D eigenvalue weighted by Crippen LogP contribution is 2.31. The van der Waals surface area contributed by atoms with E-state index < -0.39 is 0 Å². The van der Waals surface area contributed by atoms with Crippen LogP contribution in [0, 0.1) is 17.2 Å². The van der Waals surface area contributed by atoms with Crippen LogP contribution in [0.5, 0.6) is 0 Å². The number of hydrogen-bond donors (Lipinski definition) is 0. The van der Waals surface area contributed by atoms with Crippen LogP contribution in [0.25, 0.3) is 0 Å². The van der Waals surface area contributed by atoms with Crippen LogP contribution in [-0.2, 0) is 4.79 Å². The average molecular weight is 362 g/mol. The van der Waals surface area contributed by atoms with Gasteiger partial charge >= 0.3 is 0 Å². The monoisotopic (exact) mass is 361 g/mol. The van der Waals surface area contributed by atoms with E-state index in [-0.39, 0.29) is 5.92 Å². The van der Waals surface area contributed by atoms with Gasteiger partial charge in [-0.2, -0.15) is 5.26 Å². The smallest absolute Gasteiger partial charge is 0.225 e. The molecule has 5 heteroatoms. The zero-order valence-electron chi connectivity index (χ0n) is 12.6. The van der Waals surface area contributed by atoms with Gasteiger partial charge in [-0.05, 0) is 59.8 Å². The number of nitrogens with zero attached hydrogens (tertiary/aromatic N) is 3. The Bertz CT molecular complexity index is 596. The highest BCUT2D eigenvalue weighted by molar-refractivity contribution is 9.10. The number of halogens is 1. The highest BCUT2D eigenvalue weighted by Gasteiger charge is 2.30. The van der Waals surface area contributed by atoms with Crippen LogP contribution in [0.15, 0.2) is 22.7 Å². The number of piperidine rings is 1. The molecule has 2 aliphatic rings. The van der Waals surface area contributed by atoms with Crippen molar-refractivity contribution in [3.8, 4) is 6.07 Å². The molecule has 2 saturated heterocycles. The first kappa shape index (κ1) is 15.4. The minimum atomic E-state index is 0.187. The molecule has 0 atom stereocenters. The number of hydrogen-bond acceptors (Lipinski definition) is 3. The number of anilines is 1. The van der Waals surface area contributed by atoms with E-state index in [2.05, 4.69) is 26.9 Å². The average Bonchev–Trinajstić information content (AvgIpc) is 3.08. The molecule has 0 radical (unpaired) electrons. The molecule has 0 unspecified atom stereocenters. The van der Waals surface area contributed by atoms with Gasteiger partial charge in [0, 0.05) is 36.6 Å². The van der Waals surface area contributed by atoms with Crippen LogP contribution in [0.3, 0.4) is 0 Å². The lowest BCUT2D eigenvalue weighted by molar-refractivity contribution is -0.135. The molecule has 1 aromatic carbocycles. The summed E-state index contributed by atoms with van der Waals surface area (Å²) in [4.78, 5) is 16.8. The van der Waals surface area contributed by atoms with Crippen molar-refractivity contribution in [1.82, 2.24) is 4.90 Å². The Morgan fingerprint density at radius 1 is 1.18 bits per heavy atom. The molecule has 2 heterocycles. The molecule has 0 saturated carbocycles. The largest absolute Gasteiger partial charge is 0.371 e. The maximum Gasteiger partial charge on any atom is 0.225 e. The van der Waals surface area contributed by atoms with Crippen molar-refractivity contribution in [2.24, 2.45) is 5.92 Å². The highest BCUT2D eigenvalue weighted by atomic mass is 79.9. The normalized spacial score (nSPS) is 19.3. The van der Waals surface area contributed by atoms with E-state index in [0.29, 0.717) is 11.5 Å². The van der Waals surface area contributed by atoms with Crippen molar-refractivity contribution in [2.45, 2.75) is 25.7 Å². The fourth-order valence-electron chi connectivity index (χ4n) is 3.40. The van der Waals surface area contributed by atoms with Gasteiger partial charge in [0.25, 0.3) is 0 Å². The van der Waals surface area contributed by atoms with Crippen molar-refractivity contribution < 1.29 is 4.79 Å². The Hall–Kier alpha value is -1.54. The second-order valence-corrected chi connectivity index (χ2v) is 6.93. The molecule has 2 aliphatic heterocycles. The minimum absolute atomic E-state index is 0.187. The molecule has 0 bridgehead atoms. The molecule has 0 aliphatic carbocycles. The van der Waals surface area contributed by atoms with E-state index >= 15 is 0 Å². The summed E-state index contributed by atoms with van der Waals surface area (Å²) in [6.45, 7) is 3.68. The molecule has 1 aromatic rings. The van der Waals surface area contributed by atoms with Gasteiger partial charge in [-0.25, -0.2) is 0 Å². The number of carbonyl (C=O) groups excluding carboxylic acids is 1. The van der Waals surface area contributed by atoms with E-state index in [1.807, 2.05) is 23.1 Å². The summed E-state index contributed by atoms with van der Waals surface area (Å²) in [5.41, 5.74) is 1.78. The molecule has 2 fully saturated rings. The van der Waals surface area contributed by atoms with Gasteiger partial charge in [0.2, 0.25) is 5.91 Å². The predicted molar refractivity (Wildman–Crippen MR) is 89.6 cm³/mol. The molecule has 116 valence electrons. The fourth-order valence-corrected chi connectivity index (χ4v) is 4.03. The molecule has 1 amide bonds. The molecule has 4 nitrogen and oxygen atoms in total. The van der Waals surface area contributed by atoms with E-state index in [1.165, 1.54) is 0 Å². The van der Waals surface area contributed by atoms with Crippen LogP contribution in [0.1, 0.15) is 31.2 Å². The van der Waals surface area contributed by atoms with Crippen LogP contribution in [0.2, 0.25) is 0 Å². The third-order valence-corrected chi connectivity index (χ3v) is 5.31. The lowest BCUT2D eigenvalue weighted by Crippen LogP contribution is -2.41. The van der Waals surface area contributed by atoms with Crippen LogP contribution >= 0.6 is 15.9 Å². The first-order valence-corrected chi connectivity index (χ1v) is 8.72. The SMILES string of the molecule is N#Cc1ccc(N2CCC(C(=O)N3CCCC3)CC2)c(Br)c1. The number of carbonyl (C=O) groups is 1. The summed E-state index contributed by atoms with van der Waals surface area (Å²) >= 11 is 3.55. The van der Waals surface area contributed by atoms with Crippen molar-refractivity contribution in [1.29, 1.82) is 5.26 Å². The van der Waals surface area contributed by atoms with Gasteiger partial charge in [-0.3, -0.25) is 4.79 Å². The van der Waals surface area contributed by atoms with Gasteiger partial charge in [-0.15, -0.1) is 0 Å². The molecule has 0 N–H and O–H groups in total. The summed E-state index contributed by atoms with van der Waals surface area (Å²) in [7, 11) is 0. The first-order chi connectivity index (χ1) is 10.7. The fraction of sp³-hybridized carbons (Fsp3) is 0.529. The minimum Gasteiger partial charge on any atom is -0.371 e. The molecular weight excluding hydrogens is 342 g/mol. The van der Waals surface area contributed by atoms with E-state index in [0.717, 1.165) is 62.0 Å². The number of amides is 1. The van der Waals surface area contributed by atoms with Crippen LogP contribution in [-0.4, -0.2) is 37.0 Å². The standard InChI is InChI=1S/C17H20BrN3O/c18-15-11-13(12-19)3-4-16(15)20-9-5-14(6-10-20)17(22)21-7-1-2-8-21/h3-4,11,14H,1-2,5-10H2. The summed E-state index contributed by atoms with van der Waals surface area (Å²) in [5.74, 6) is 0.544. The lowest BCUT2D eigenvalue weighted by atomic mass is 9.95. The first-order valence-electron chi connectivity index (χ1n) is 7.92. The van der Waals surface area contributed by atoms with Gasteiger partial charge in [0.1, 0.15) is 0 Å². The quantitative estimate of drug-likeness (QED) is 0.812. The van der Waals surface area contributed by atoms with Crippen molar-refractivity contribution >= 4 is 27.5 Å². The van der Waals surface area contributed by atoms with E-state index in [9.17, 15) is 4.79 Å². The number of likely N-dealkylation sites (tertiary alicyclic amines) is 1. The van der Waals surface area contributed by atoms with Crippen LogP contribution in [0.4, 0.5) is 5.69 Å². The Kier molecular flexibility index (Phi) is 4.68.